The van der Waals surface area contributed by atoms with Crippen LogP contribution in [-0.4, -0.2) is 17.3 Å². The highest BCUT2D eigenvalue weighted by atomic mass is 79.9. The Morgan fingerprint density at radius 2 is 2.12 bits per heavy atom. The predicted molar refractivity (Wildman–Crippen MR) is 69.2 cm³/mol. The fourth-order valence-electron chi connectivity index (χ4n) is 2.27. The predicted octanol–water partition coefficient (Wildman–Crippen LogP) is 2.98. The molecule has 1 aromatic rings. The lowest BCUT2D eigenvalue weighted by Gasteiger charge is -2.28. The minimum absolute atomic E-state index is 0.0992. The molecule has 0 saturated heterocycles. The molecular formula is C13H17BrFNO. The van der Waals surface area contributed by atoms with E-state index in [1.807, 2.05) is 0 Å². The van der Waals surface area contributed by atoms with Gasteiger partial charge in [-0.05, 0) is 31.0 Å². The number of aliphatic hydroxyl groups excluding tert-OH is 1. The second kappa shape index (κ2) is 5.94. The maximum Gasteiger partial charge on any atom is 0.127 e. The van der Waals surface area contributed by atoms with Gasteiger partial charge in [-0.3, -0.25) is 0 Å². The number of halogens is 2. The van der Waals surface area contributed by atoms with Gasteiger partial charge in [0, 0.05) is 22.6 Å². The smallest absolute Gasteiger partial charge is 0.127 e. The van der Waals surface area contributed by atoms with Crippen molar-refractivity contribution in [3.05, 3.63) is 34.1 Å². The Morgan fingerprint density at radius 1 is 1.35 bits per heavy atom. The van der Waals surface area contributed by atoms with E-state index in [2.05, 4.69) is 21.2 Å². The van der Waals surface area contributed by atoms with Crippen LogP contribution in [0.1, 0.15) is 31.2 Å². The zero-order valence-electron chi connectivity index (χ0n) is 9.63. The van der Waals surface area contributed by atoms with Crippen LogP contribution in [0.4, 0.5) is 4.39 Å². The first-order chi connectivity index (χ1) is 8.16. The molecule has 0 heterocycles. The van der Waals surface area contributed by atoms with Gasteiger partial charge in [-0.25, -0.2) is 4.39 Å². The van der Waals surface area contributed by atoms with E-state index in [1.54, 1.807) is 12.1 Å². The summed E-state index contributed by atoms with van der Waals surface area (Å²) >= 11 is 3.33. The average Bonchev–Trinajstić information content (AvgIpc) is 2.32. The average molecular weight is 302 g/mol. The van der Waals surface area contributed by atoms with Crippen LogP contribution in [0.25, 0.3) is 0 Å². The largest absolute Gasteiger partial charge is 0.392 e. The van der Waals surface area contributed by atoms with E-state index >= 15 is 0 Å². The molecule has 1 fully saturated rings. The molecule has 2 nitrogen and oxygen atoms in total. The summed E-state index contributed by atoms with van der Waals surface area (Å²) in [4.78, 5) is 0. The molecule has 0 unspecified atom stereocenters. The number of nitrogens with one attached hydrogen (secondary N) is 1. The van der Waals surface area contributed by atoms with Gasteiger partial charge in [0.05, 0.1) is 6.10 Å². The van der Waals surface area contributed by atoms with Gasteiger partial charge in [0.25, 0.3) is 0 Å². The number of hydrogen-bond donors (Lipinski definition) is 2. The molecule has 4 heteroatoms. The first-order valence-corrected chi connectivity index (χ1v) is 6.81. The third kappa shape index (κ3) is 3.50. The maximum atomic E-state index is 13.5. The second-order valence-electron chi connectivity index (χ2n) is 4.57. The van der Waals surface area contributed by atoms with Crippen LogP contribution in [0.2, 0.25) is 0 Å². The minimum atomic E-state index is -0.293. The first kappa shape index (κ1) is 13.0. The quantitative estimate of drug-likeness (QED) is 0.899. The molecule has 1 aliphatic carbocycles. The lowest BCUT2D eigenvalue weighted by atomic mass is 9.92. The molecule has 0 aliphatic heterocycles. The third-order valence-corrected chi connectivity index (χ3v) is 3.79. The summed E-state index contributed by atoms with van der Waals surface area (Å²) in [7, 11) is 0. The summed E-state index contributed by atoms with van der Waals surface area (Å²) in [5.74, 6) is -0.203. The van der Waals surface area contributed by atoms with Crippen LogP contribution in [0.5, 0.6) is 0 Å². The summed E-state index contributed by atoms with van der Waals surface area (Å²) < 4.78 is 14.4. The first-order valence-electron chi connectivity index (χ1n) is 6.02. The summed E-state index contributed by atoms with van der Waals surface area (Å²) in [6, 6.07) is 5.02. The van der Waals surface area contributed by atoms with Gasteiger partial charge in [-0.1, -0.05) is 28.8 Å². The van der Waals surface area contributed by atoms with Crippen molar-refractivity contribution in [1.82, 2.24) is 5.32 Å². The molecule has 1 aromatic carbocycles. The second-order valence-corrected chi connectivity index (χ2v) is 5.49. The highest BCUT2D eigenvalue weighted by molar-refractivity contribution is 9.10. The van der Waals surface area contributed by atoms with Crippen molar-refractivity contribution in [1.29, 1.82) is 0 Å². The van der Waals surface area contributed by atoms with Gasteiger partial charge in [-0.2, -0.15) is 0 Å². The SMILES string of the molecule is O[C@H]1CCCC[C@@H]1NCc1cc(Br)ccc1F. The van der Waals surface area contributed by atoms with Crippen molar-refractivity contribution < 1.29 is 9.50 Å². The third-order valence-electron chi connectivity index (χ3n) is 3.29. The summed E-state index contributed by atoms with van der Waals surface area (Å²) in [6.45, 7) is 0.465. The Morgan fingerprint density at radius 3 is 2.88 bits per heavy atom. The molecule has 94 valence electrons. The number of rotatable bonds is 3. The van der Waals surface area contributed by atoms with Crippen LogP contribution in [0.15, 0.2) is 22.7 Å². The van der Waals surface area contributed by atoms with Crippen LogP contribution in [0, 0.1) is 5.82 Å². The van der Waals surface area contributed by atoms with Gasteiger partial charge in [0.1, 0.15) is 5.82 Å². The van der Waals surface area contributed by atoms with Crippen molar-refractivity contribution in [3.63, 3.8) is 0 Å². The van der Waals surface area contributed by atoms with E-state index in [4.69, 9.17) is 0 Å². The Balaban J connectivity index is 1.94. The molecule has 2 atom stereocenters. The Bertz CT molecular complexity index is 386. The van der Waals surface area contributed by atoms with E-state index in [0.29, 0.717) is 12.1 Å². The monoisotopic (exact) mass is 301 g/mol. The molecule has 0 radical (unpaired) electrons. The Labute approximate surface area is 109 Å². The van der Waals surface area contributed by atoms with Crippen molar-refractivity contribution in [2.24, 2.45) is 0 Å². The van der Waals surface area contributed by atoms with Gasteiger partial charge in [0.2, 0.25) is 0 Å². The maximum absolute atomic E-state index is 13.5. The Hall–Kier alpha value is -0.450. The van der Waals surface area contributed by atoms with Gasteiger partial charge >= 0.3 is 0 Å². The highest BCUT2D eigenvalue weighted by Crippen LogP contribution is 2.20. The van der Waals surface area contributed by atoms with Crippen molar-refractivity contribution in [2.45, 2.75) is 44.4 Å². The number of benzene rings is 1. The molecule has 2 N–H and O–H groups in total. The topological polar surface area (TPSA) is 32.3 Å². The highest BCUT2D eigenvalue weighted by Gasteiger charge is 2.22. The zero-order valence-corrected chi connectivity index (χ0v) is 11.2. The van der Waals surface area contributed by atoms with Crippen molar-refractivity contribution >= 4 is 15.9 Å². The van der Waals surface area contributed by atoms with Gasteiger partial charge in [0.15, 0.2) is 0 Å². The molecule has 0 bridgehead atoms. The molecular weight excluding hydrogens is 285 g/mol. The van der Waals surface area contributed by atoms with E-state index in [9.17, 15) is 9.50 Å². The van der Waals surface area contributed by atoms with Gasteiger partial charge in [-0.15, -0.1) is 0 Å². The van der Waals surface area contributed by atoms with E-state index in [0.717, 1.165) is 30.2 Å². The fourth-order valence-corrected chi connectivity index (χ4v) is 2.68. The minimum Gasteiger partial charge on any atom is -0.392 e. The molecule has 1 aliphatic rings. The van der Waals surface area contributed by atoms with Crippen molar-refractivity contribution in [3.8, 4) is 0 Å². The van der Waals surface area contributed by atoms with Crippen molar-refractivity contribution in [2.75, 3.05) is 0 Å². The number of hydrogen-bond acceptors (Lipinski definition) is 2. The lowest BCUT2D eigenvalue weighted by molar-refractivity contribution is 0.0901. The zero-order chi connectivity index (χ0) is 12.3. The van der Waals surface area contributed by atoms with Crippen LogP contribution < -0.4 is 5.32 Å². The van der Waals surface area contributed by atoms with Gasteiger partial charge < -0.3 is 10.4 Å². The lowest BCUT2D eigenvalue weighted by Crippen LogP contribution is -2.41. The molecule has 0 amide bonds. The summed E-state index contributed by atoms with van der Waals surface area (Å²) in [5, 5.41) is 13.1. The van der Waals surface area contributed by atoms with E-state index in [-0.39, 0.29) is 18.0 Å². The number of aliphatic hydroxyl groups is 1. The molecule has 0 spiro atoms. The molecule has 1 saturated carbocycles. The Kier molecular flexibility index (Phi) is 4.54. The van der Waals surface area contributed by atoms with E-state index < -0.39 is 0 Å². The summed E-state index contributed by atoms with van der Waals surface area (Å²) in [6.07, 6.45) is 3.74. The molecule has 17 heavy (non-hydrogen) atoms. The summed E-state index contributed by atoms with van der Waals surface area (Å²) in [5.41, 5.74) is 0.636. The van der Waals surface area contributed by atoms with Crippen LogP contribution in [0.3, 0.4) is 0 Å². The fraction of sp³-hybridized carbons (Fsp3) is 0.538. The van der Waals surface area contributed by atoms with E-state index in [1.165, 1.54) is 6.07 Å². The molecule has 2 rings (SSSR count). The van der Waals surface area contributed by atoms with Crippen LogP contribution in [-0.2, 0) is 6.54 Å². The van der Waals surface area contributed by atoms with Crippen LogP contribution >= 0.6 is 15.9 Å². The normalized spacial score (nSPS) is 24.9. The standard InChI is InChI=1S/C13H17BrFNO/c14-10-5-6-11(15)9(7-10)8-16-12-3-1-2-4-13(12)17/h5-7,12-13,16-17H,1-4,8H2/t12-,13-/m0/s1. The molecule has 0 aromatic heterocycles.